The second kappa shape index (κ2) is 3.93. The van der Waals surface area contributed by atoms with Crippen LogP contribution in [-0.2, 0) is 0 Å². The summed E-state index contributed by atoms with van der Waals surface area (Å²) in [5.74, 6) is 0. The largest absolute Gasteiger partial charge is 0.290 e. The summed E-state index contributed by atoms with van der Waals surface area (Å²) in [5, 5.41) is 15.7. The van der Waals surface area contributed by atoms with Crippen molar-refractivity contribution in [2.75, 3.05) is 6.26 Å². The Morgan fingerprint density at radius 3 is 2.42 bits per heavy atom. The van der Waals surface area contributed by atoms with Crippen LogP contribution in [0.4, 0.5) is 0 Å². The van der Waals surface area contributed by atoms with E-state index in [1.54, 1.807) is 30.0 Å². The predicted octanol–water partition coefficient (Wildman–Crippen LogP) is 2.30. The van der Waals surface area contributed by atoms with Crippen molar-refractivity contribution in [2.24, 2.45) is 0 Å². The van der Waals surface area contributed by atoms with E-state index in [0.717, 1.165) is 4.90 Å². The van der Waals surface area contributed by atoms with Gasteiger partial charge in [-0.25, -0.2) is 0 Å². The third-order valence-electron chi connectivity index (χ3n) is 1.49. The molecule has 0 aliphatic rings. The Balaban J connectivity index is 2.94. The average Bonchev–Trinajstić information content (AvgIpc) is 2.17. The quantitative estimate of drug-likeness (QED) is 0.555. The van der Waals surface area contributed by atoms with E-state index in [1.165, 1.54) is 0 Å². The fourth-order valence-electron chi connectivity index (χ4n) is 0.822. The van der Waals surface area contributed by atoms with Crippen molar-refractivity contribution in [3.05, 3.63) is 29.8 Å². The number of rotatable bonds is 2. The van der Waals surface area contributed by atoms with Gasteiger partial charge < -0.3 is 0 Å². The molecular weight excluding hydrogens is 168 g/mol. The van der Waals surface area contributed by atoms with Gasteiger partial charge in [0, 0.05) is 10.5 Å². The Labute approximate surface area is 75.7 Å². The summed E-state index contributed by atoms with van der Waals surface area (Å²) < 4.78 is 0. The molecule has 0 bridgehead atoms. The van der Waals surface area contributed by atoms with Crippen molar-refractivity contribution in [3.8, 4) is 6.07 Å². The van der Waals surface area contributed by atoms with Crippen LogP contribution in [0.1, 0.15) is 5.56 Å². The standard InChI is InChI=1S/C9H8N2S/c1-12-8-4-2-7(3-5-8)9(11)6-10/h2-5,11H,1H3. The van der Waals surface area contributed by atoms with Gasteiger partial charge in [-0.1, -0.05) is 12.1 Å². The zero-order valence-electron chi connectivity index (χ0n) is 6.66. The maximum Gasteiger partial charge on any atom is 0.139 e. The lowest BCUT2D eigenvalue weighted by Crippen LogP contribution is -1.93. The Morgan fingerprint density at radius 2 is 2.00 bits per heavy atom. The van der Waals surface area contributed by atoms with E-state index < -0.39 is 0 Å². The van der Waals surface area contributed by atoms with Crippen molar-refractivity contribution >= 4 is 17.5 Å². The third kappa shape index (κ3) is 1.86. The first-order valence-electron chi connectivity index (χ1n) is 3.41. The Bertz CT molecular complexity index is 321. The van der Waals surface area contributed by atoms with Crippen LogP contribution in [0.5, 0.6) is 0 Å². The van der Waals surface area contributed by atoms with Crippen LogP contribution in [0.15, 0.2) is 29.2 Å². The molecular formula is C9H8N2S. The summed E-state index contributed by atoms with van der Waals surface area (Å²) >= 11 is 1.64. The highest BCUT2D eigenvalue weighted by Gasteiger charge is 1.98. The number of nitrogens with one attached hydrogen (secondary N) is 1. The van der Waals surface area contributed by atoms with Crippen LogP contribution in [-0.4, -0.2) is 12.0 Å². The van der Waals surface area contributed by atoms with Crippen molar-refractivity contribution < 1.29 is 0 Å². The first-order chi connectivity index (χ1) is 5.77. The average molecular weight is 176 g/mol. The van der Waals surface area contributed by atoms with Gasteiger partial charge in [0.2, 0.25) is 0 Å². The lowest BCUT2D eigenvalue weighted by molar-refractivity contribution is 1.42. The van der Waals surface area contributed by atoms with Gasteiger partial charge in [-0.15, -0.1) is 11.8 Å². The Kier molecular flexibility index (Phi) is 2.89. The van der Waals surface area contributed by atoms with E-state index >= 15 is 0 Å². The molecule has 3 heteroatoms. The number of hydrogen-bond acceptors (Lipinski definition) is 3. The summed E-state index contributed by atoms with van der Waals surface area (Å²) in [6.45, 7) is 0. The summed E-state index contributed by atoms with van der Waals surface area (Å²) in [4.78, 5) is 1.14. The first kappa shape index (κ1) is 8.82. The van der Waals surface area contributed by atoms with Crippen LogP contribution in [0.2, 0.25) is 0 Å². The lowest BCUT2D eigenvalue weighted by Gasteiger charge is -1.97. The van der Waals surface area contributed by atoms with Gasteiger partial charge >= 0.3 is 0 Å². The van der Waals surface area contributed by atoms with Gasteiger partial charge in [0.15, 0.2) is 0 Å². The normalized spacial score (nSPS) is 9.00. The highest BCUT2D eigenvalue weighted by atomic mass is 32.2. The molecule has 0 fully saturated rings. The van der Waals surface area contributed by atoms with E-state index in [2.05, 4.69) is 0 Å². The molecule has 0 saturated heterocycles. The van der Waals surface area contributed by atoms with Crippen LogP contribution in [0.3, 0.4) is 0 Å². The fourth-order valence-corrected chi connectivity index (χ4v) is 1.23. The van der Waals surface area contributed by atoms with Gasteiger partial charge in [-0.2, -0.15) is 5.26 Å². The molecule has 0 aliphatic heterocycles. The number of hydrogen-bond donors (Lipinski definition) is 1. The van der Waals surface area contributed by atoms with E-state index in [4.69, 9.17) is 10.7 Å². The van der Waals surface area contributed by atoms with Crippen molar-refractivity contribution in [1.29, 1.82) is 10.7 Å². The molecule has 0 atom stereocenters. The molecule has 1 aromatic carbocycles. The zero-order valence-corrected chi connectivity index (χ0v) is 7.48. The monoisotopic (exact) mass is 176 g/mol. The molecule has 0 spiro atoms. The summed E-state index contributed by atoms with van der Waals surface area (Å²) in [6, 6.07) is 9.19. The maximum atomic E-state index is 8.43. The van der Waals surface area contributed by atoms with Gasteiger partial charge in [-0.3, -0.25) is 5.41 Å². The molecule has 60 valence electrons. The van der Waals surface area contributed by atoms with Gasteiger partial charge in [0.05, 0.1) is 0 Å². The molecule has 0 unspecified atom stereocenters. The molecule has 0 aromatic heterocycles. The second-order valence-electron chi connectivity index (χ2n) is 2.22. The van der Waals surface area contributed by atoms with Crippen LogP contribution >= 0.6 is 11.8 Å². The number of nitriles is 1. The molecule has 0 radical (unpaired) electrons. The van der Waals surface area contributed by atoms with Crippen LogP contribution in [0, 0.1) is 16.7 Å². The number of thioether (sulfide) groups is 1. The highest BCUT2D eigenvalue weighted by molar-refractivity contribution is 7.98. The second-order valence-corrected chi connectivity index (χ2v) is 3.09. The third-order valence-corrected chi connectivity index (χ3v) is 2.23. The van der Waals surface area contributed by atoms with Gasteiger partial charge in [-0.05, 0) is 18.4 Å². The molecule has 0 saturated carbocycles. The molecule has 1 aromatic rings. The molecule has 12 heavy (non-hydrogen) atoms. The Hall–Kier alpha value is -1.27. The van der Waals surface area contributed by atoms with E-state index in [9.17, 15) is 0 Å². The maximum absolute atomic E-state index is 8.43. The predicted molar refractivity (Wildman–Crippen MR) is 50.7 cm³/mol. The SMILES string of the molecule is CSc1ccc(C(=N)C#N)cc1. The highest BCUT2D eigenvalue weighted by Crippen LogP contribution is 2.14. The van der Waals surface area contributed by atoms with E-state index in [1.807, 2.05) is 18.4 Å². The van der Waals surface area contributed by atoms with Gasteiger partial charge in [0.1, 0.15) is 11.8 Å². The van der Waals surface area contributed by atoms with Crippen molar-refractivity contribution in [2.45, 2.75) is 4.90 Å². The Morgan fingerprint density at radius 1 is 1.42 bits per heavy atom. The summed E-state index contributed by atoms with van der Waals surface area (Å²) in [5.41, 5.74) is 0.693. The number of nitrogens with zero attached hydrogens (tertiary/aromatic N) is 1. The molecule has 1 N–H and O–H groups in total. The minimum Gasteiger partial charge on any atom is -0.290 e. The zero-order chi connectivity index (χ0) is 8.97. The van der Waals surface area contributed by atoms with Crippen molar-refractivity contribution in [1.82, 2.24) is 0 Å². The first-order valence-corrected chi connectivity index (χ1v) is 4.63. The molecule has 0 aliphatic carbocycles. The van der Waals surface area contributed by atoms with Crippen LogP contribution in [0.25, 0.3) is 0 Å². The van der Waals surface area contributed by atoms with E-state index in [0.29, 0.717) is 5.56 Å². The lowest BCUT2D eigenvalue weighted by atomic mass is 10.1. The molecule has 1 rings (SSSR count). The summed E-state index contributed by atoms with van der Waals surface area (Å²) in [6.07, 6.45) is 1.99. The fraction of sp³-hybridized carbons (Fsp3) is 0.111. The van der Waals surface area contributed by atoms with Gasteiger partial charge in [0.25, 0.3) is 0 Å². The molecule has 2 nitrogen and oxygen atoms in total. The smallest absolute Gasteiger partial charge is 0.139 e. The minimum atomic E-state index is 0.0163. The van der Waals surface area contributed by atoms with Crippen LogP contribution < -0.4 is 0 Å². The number of benzene rings is 1. The minimum absolute atomic E-state index is 0.0163. The molecule has 0 amide bonds. The van der Waals surface area contributed by atoms with Crippen molar-refractivity contribution in [3.63, 3.8) is 0 Å². The summed E-state index contributed by atoms with van der Waals surface area (Å²) in [7, 11) is 0. The topological polar surface area (TPSA) is 47.6 Å². The molecule has 0 heterocycles. The van der Waals surface area contributed by atoms with E-state index in [-0.39, 0.29) is 5.71 Å².